The molecule has 1 saturated heterocycles. The van der Waals surface area contributed by atoms with Gasteiger partial charge in [-0.05, 0) is 48.4 Å². The number of nitrogens with one attached hydrogen (secondary N) is 2. The number of amides is 1. The third kappa shape index (κ3) is 4.66. The minimum atomic E-state index is -0.106. The van der Waals surface area contributed by atoms with E-state index in [0.29, 0.717) is 16.8 Å². The molecular formula is C15H20Cl2N6O. The van der Waals surface area contributed by atoms with Crippen molar-refractivity contribution in [3.05, 3.63) is 29.3 Å². The molecule has 1 amide bonds. The Morgan fingerprint density at radius 1 is 1.42 bits per heavy atom. The number of piperidine rings is 1. The van der Waals surface area contributed by atoms with E-state index in [4.69, 9.17) is 11.6 Å². The molecule has 2 aromatic rings. The van der Waals surface area contributed by atoms with Crippen molar-refractivity contribution in [1.82, 2.24) is 30.8 Å². The van der Waals surface area contributed by atoms with Crippen LogP contribution in [-0.4, -0.2) is 45.2 Å². The maximum absolute atomic E-state index is 12.1. The topological polar surface area (TPSA) is 84.7 Å². The summed E-state index contributed by atoms with van der Waals surface area (Å²) in [5.41, 5.74) is 0.811. The first-order valence-corrected chi connectivity index (χ1v) is 8.03. The maximum Gasteiger partial charge on any atom is 0.243 e. The molecule has 0 bridgehead atoms. The van der Waals surface area contributed by atoms with Crippen molar-refractivity contribution in [2.45, 2.75) is 25.9 Å². The molecule has 0 aliphatic carbocycles. The van der Waals surface area contributed by atoms with Gasteiger partial charge in [-0.2, -0.15) is 4.80 Å². The van der Waals surface area contributed by atoms with E-state index in [9.17, 15) is 4.79 Å². The average Bonchev–Trinajstić information content (AvgIpc) is 2.98. The van der Waals surface area contributed by atoms with Crippen molar-refractivity contribution in [3.63, 3.8) is 0 Å². The number of halogens is 2. The van der Waals surface area contributed by atoms with Gasteiger partial charge >= 0.3 is 0 Å². The number of benzene rings is 1. The molecular weight excluding hydrogens is 351 g/mol. The lowest BCUT2D eigenvalue weighted by Gasteiger charge is -2.30. The van der Waals surface area contributed by atoms with Crippen molar-refractivity contribution >= 4 is 29.9 Å². The van der Waals surface area contributed by atoms with E-state index in [-0.39, 0.29) is 30.9 Å². The highest BCUT2D eigenvalue weighted by molar-refractivity contribution is 6.30. The first-order valence-electron chi connectivity index (χ1n) is 7.65. The van der Waals surface area contributed by atoms with Crippen LogP contribution in [0.25, 0.3) is 11.4 Å². The van der Waals surface area contributed by atoms with E-state index in [0.717, 1.165) is 25.1 Å². The molecule has 24 heavy (non-hydrogen) atoms. The fourth-order valence-electron chi connectivity index (χ4n) is 2.59. The van der Waals surface area contributed by atoms with Gasteiger partial charge < -0.3 is 10.6 Å². The van der Waals surface area contributed by atoms with Crippen LogP contribution in [0.5, 0.6) is 0 Å². The van der Waals surface area contributed by atoms with Crippen LogP contribution >= 0.6 is 24.0 Å². The second-order valence-corrected chi connectivity index (χ2v) is 6.23. The Kier molecular flexibility index (Phi) is 6.53. The van der Waals surface area contributed by atoms with Gasteiger partial charge in [0.25, 0.3) is 0 Å². The number of tetrazole rings is 1. The molecule has 7 nitrogen and oxygen atoms in total. The Morgan fingerprint density at radius 2 is 2.17 bits per heavy atom. The quantitative estimate of drug-likeness (QED) is 0.852. The number of hydrogen-bond donors (Lipinski definition) is 2. The Hall–Kier alpha value is -1.70. The molecule has 1 aromatic heterocycles. The average molecular weight is 371 g/mol. The molecule has 3 rings (SSSR count). The fraction of sp³-hybridized carbons (Fsp3) is 0.467. The van der Waals surface area contributed by atoms with E-state index >= 15 is 0 Å². The number of rotatable bonds is 4. The molecule has 2 unspecified atom stereocenters. The molecule has 2 atom stereocenters. The summed E-state index contributed by atoms with van der Waals surface area (Å²) < 4.78 is 0. The summed E-state index contributed by atoms with van der Waals surface area (Å²) in [6.07, 6.45) is 1.06. The molecule has 1 fully saturated rings. The Labute approximate surface area is 151 Å². The third-order valence-corrected chi connectivity index (χ3v) is 4.27. The van der Waals surface area contributed by atoms with Crippen LogP contribution in [0.1, 0.15) is 13.3 Å². The Balaban J connectivity index is 0.00000208. The van der Waals surface area contributed by atoms with E-state index in [1.165, 1.54) is 4.80 Å². The van der Waals surface area contributed by atoms with Gasteiger partial charge in [-0.3, -0.25) is 4.79 Å². The molecule has 0 radical (unpaired) electrons. The van der Waals surface area contributed by atoms with Gasteiger partial charge in [0.2, 0.25) is 11.7 Å². The van der Waals surface area contributed by atoms with Gasteiger partial charge in [-0.15, -0.1) is 22.6 Å². The summed E-state index contributed by atoms with van der Waals surface area (Å²) in [4.78, 5) is 13.4. The second-order valence-electron chi connectivity index (χ2n) is 5.79. The Bertz CT molecular complexity index is 675. The van der Waals surface area contributed by atoms with Gasteiger partial charge in [0.15, 0.2) is 0 Å². The molecule has 2 heterocycles. The standard InChI is InChI=1S/C15H19ClN6O.ClH/c1-10-6-7-17-8-13(10)18-14(23)9-22-20-15(19-21-22)11-2-4-12(16)5-3-11;/h2-5,10,13,17H,6-9H2,1H3,(H,18,23);1H. The predicted molar refractivity (Wildman–Crippen MR) is 94.1 cm³/mol. The number of aromatic nitrogens is 4. The maximum atomic E-state index is 12.1. The second kappa shape index (κ2) is 8.41. The first kappa shape index (κ1) is 18.6. The van der Waals surface area contributed by atoms with Crippen molar-refractivity contribution in [3.8, 4) is 11.4 Å². The monoisotopic (exact) mass is 370 g/mol. The smallest absolute Gasteiger partial charge is 0.243 e. The largest absolute Gasteiger partial charge is 0.350 e. The van der Waals surface area contributed by atoms with Crippen LogP contribution in [0.4, 0.5) is 0 Å². The van der Waals surface area contributed by atoms with Crippen molar-refractivity contribution in [2.75, 3.05) is 13.1 Å². The summed E-state index contributed by atoms with van der Waals surface area (Å²) in [7, 11) is 0. The third-order valence-electron chi connectivity index (χ3n) is 4.01. The fourth-order valence-corrected chi connectivity index (χ4v) is 2.71. The summed E-state index contributed by atoms with van der Waals surface area (Å²) in [6, 6.07) is 7.32. The normalized spacial score (nSPS) is 20.2. The van der Waals surface area contributed by atoms with Crippen LogP contribution in [0.2, 0.25) is 5.02 Å². The number of carbonyl (C=O) groups is 1. The predicted octanol–water partition coefficient (Wildman–Crippen LogP) is 1.53. The highest BCUT2D eigenvalue weighted by Gasteiger charge is 2.22. The van der Waals surface area contributed by atoms with Crippen molar-refractivity contribution in [1.29, 1.82) is 0 Å². The zero-order valence-corrected chi connectivity index (χ0v) is 14.8. The highest BCUT2D eigenvalue weighted by atomic mass is 35.5. The van der Waals surface area contributed by atoms with Crippen molar-refractivity contribution < 1.29 is 4.79 Å². The molecule has 1 aliphatic heterocycles. The Morgan fingerprint density at radius 3 is 2.88 bits per heavy atom. The molecule has 1 aliphatic rings. The van der Waals surface area contributed by atoms with Gasteiger partial charge in [0.05, 0.1) is 0 Å². The molecule has 0 saturated carbocycles. The molecule has 0 spiro atoms. The zero-order valence-electron chi connectivity index (χ0n) is 13.3. The van der Waals surface area contributed by atoms with Crippen LogP contribution in [0.15, 0.2) is 24.3 Å². The molecule has 130 valence electrons. The van der Waals surface area contributed by atoms with Crippen LogP contribution in [0, 0.1) is 5.92 Å². The lowest BCUT2D eigenvalue weighted by Crippen LogP contribution is -2.51. The van der Waals surface area contributed by atoms with E-state index in [1.807, 2.05) is 12.1 Å². The number of carbonyl (C=O) groups excluding carboxylic acids is 1. The van der Waals surface area contributed by atoms with Crippen LogP contribution in [0.3, 0.4) is 0 Å². The van der Waals surface area contributed by atoms with Crippen LogP contribution < -0.4 is 10.6 Å². The van der Waals surface area contributed by atoms with E-state index < -0.39 is 0 Å². The van der Waals surface area contributed by atoms with E-state index in [1.54, 1.807) is 12.1 Å². The minimum absolute atomic E-state index is 0. The van der Waals surface area contributed by atoms with Crippen molar-refractivity contribution in [2.24, 2.45) is 5.92 Å². The lowest BCUT2D eigenvalue weighted by atomic mass is 9.95. The molecule has 9 heteroatoms. The summed E-state index contributed by atoms with van der Waals surface area (Å²) >= 11 is 5.86. The number of nitrogens with zero attached hydrogens (tertiary/aromatic N) is 4. The van der Waals surface area contributed by atoms with E-state index in [2.05, 4.69) is 33.0 Å². The minimum Gasteiger partial charge on any atom is -0.350 e. The first-order chi connectivity index (χ1) is 11.1. The SMILES string of the molecule is CC1CCNCC1NC(=O)Cn1nnc(-c2ccc(Cl)cc2)n1.Cl. The number of hydrogen-bond acceptors (Lipinski definition) is 5. The van der Waals surface area contributed by atoms with Gasteiger partial charge in [0.1, 0.15) is 6.54 Å². The lowest BCUT2D eigenvalue weighted by molar-refractivity contribution is -0.123. The zero-order chi connectivity index (χ0) is 16.2. The van der Waals surface area contributed by atoms with Gasteiger partial charge in [-0.25, -0.2) is 0 Å². The summed E-state index contributed by atoms with van der Waals surface area (Å²) in [5, 5.41) is 19.1. The molecule has 1 aromatic carbocycles. The highest BCUT2D eigenvalue weighted by Crippen LogP contribution is 2.17. The van der Waals surface area contributed by atoms with Crippen LogP contribution in [-0.2, 0) is 11.3 Å². The summed E-state index contributed by atoms with van der Waals surface area (Å²) in [5.74, 6) is 0.835. The molecule has 2 N–H and O–H groups in total. The summed E-state index contributed by atoms with van der Waals surface area (Å²) in [6.45, 7) is 4.01. The van der Waals surface area contributed by atoms with Gasteiger partial charge in [0, 0.05) is 23.2 Å². The van der Waals surface area contributed by atoms with Gasteiger partial charge in [-0.1, -0.05) is 18.5 Å².